The van der Waals surface area contributed by atoms with Crippen LogP contribution in [0.1, 0.15) is 48.8 Å². The van der Waals surface area contributed by atoms with Crippen LogP contribution in [-0.2, 0) is 22.4 Å². The number of nitrogens with zero attached hydrogens (tertiary/aromatic N) is 6. The van der Waals surface area contributed by atoms with Crippen LogP contribution < -0.4 is 0 Å². The van der Waals surface area contributed by atoms with Crippen LogP contribution in [0.25, 0.3) is 10.4 Å². The van der Waals surface area contributed by atoms with E-state index in [1.54, 1.807) is 0 Å². The quantitative estimate of drug-likeness (QED) is 0.284. The first-order chi connectivity index (χ1) is 23.2. The third-order valence-corrected chi connectivity index (χ3v) is 11.3. The Labute approximate surface area is 285 Å². The van der Waals surface area contributed by atoms with Crippen molar-refractivity contribution in [3.8, 4) is 6.07 Å². The maximum absolute atomic E-state index is 14.6. The summed E-state index contributed by atoms with van der Waals surface area (Å²) in [6.45, 7) is 12.8. The molecule has 0 bridgehead atoms. The fourth-order valence-electron chi connectivity index (χ4n) is 8.78. The molecule has 0 N–H and O–H groups in total. The van der Waals surface area contributed by atoms with Crippen molar-refractivity contribution in [3.63, 3.8) is 0 Å². The Hall–Kier alpha value is -3.99. The predicted molar refractivity (Wildman–Crippen MR) is 180 cm³/mol. The third-order valence-electron chi connectivity index (χ3n) is 11.0. The van der Waals surface area contributed by atoms with Crippen molar-refractivity contribution >= 4 is 29.0 Å². The van der Waals surface area contributed by atoms with Gasteiger partial charge in [0.15, 0.2) is 5.83 Å². The molecule has 3 saturated heterocycles. The van der Waals surface area contributed by atoms with Crippen molar-refractivity contribution in [3.05, 3.63) is 87.2 Å². The van der Waals surface area contributed by atoms with Gasteiger partial charge in [-0.25, -0.2) is 20.3 Å². The Morgan fingerprint density at radius 1 is 1.21 bits per heavy atom. The molecule has 1 aromatic rings. The third kappa shape index (κ3) is 5.73. The molecule has 0 saturated carbocycles. The van der Waals surface area contributed by atoms with Crippen LogP contribution in [0.3, 0.4) is 0 Å². The largest absolute Gasteiger partial charge is 0.475 e. The first kappa shape index (κ1) is 32.6. The fraction of sp³-hybridized carbons (Fsp3) is 0.514. The summed E-state index contributed by atoms with van der Waals surface area (Å²) in [5, 5.41) is 11.2. The first-order valence-electron chi connectivity index (χ1n) is 16.9. The number of rotatable bonds is 6. The van der Waals surface area contributed by atoms with Gasteiger partial charge < -0.3 is 19.4 Å². The highest BCUT2D eigenvalue weighted by atomic mass is 35.5. The Balaban J connectivity index is 1.28. The lowest BCUT2D eigenvalue weighted by Gasteiger charge is -2.45. The minimum atomic E-state index is -1.07. The van der Waals surface area contributed by atoms with E-state index in [9.17, 15) is 18.8 Å². The molecule has 11 heteroatoms. The highest BCUT2D eigenvalue weighted by Crippen LogP contribution is 2.45. The summed E-state index contributed by atoms with van der Waals surface area (Å²) < 4.78 is 35.1. The molecule has 0 spiro atoms. The van der Waals surface area contributed by atoms with E-state index in [1.165, 1.54) is 16.0 Å². The van der Waals surface area contributed by atoms with Crippen molar-refractivity contribution in [2.75, 3.05) is 45.9 Å². The van der Waals surface area contributed by atoms with Crippen LogP contribution in [-0.4, -0.2) is 96.2 Å². The van der Waals surface area contributed by atoms with Gasteiger partial charge in [-0.1, -0.05) is 42.5 Å². The summed E-state index contributed by atoms with van der Waals surface area (Å²) in [5.74, 6) is -2.09. The van der Waals surface area contributed by atoms with Crippen LogP contribution in [0, 0.1) is 23.8 Å². The minimum Gasteiger partial charge on any atom is -0.475 e. The summed E-state index contributed by atoms with van der Waals surface area (Å²) in [4.78, 5) is 26.8. The molecule has 8 nitrogen and oxygen atoms in total. The van der Waals surface area contributed by atoms with Crippen LogP contribution in [0.2, 0.25) is 0 Å². The van der Waals surface area contributed by atoms with Gasteiger partial charge in [-0.05, 0) is 73.4 Å². The molecule has 4 aliphatic heterocycles. The van der Waals surface area contributed by atoms with Crippen molar-refractivity contribution in [2.24, 2.45) is 10.9 Å². The van der Waals surface area contributed by atoms with Crippen molar-refractivity contribution in [1.29, 1.82) is 5.26 Å². The first-order valence-corrected chi connectivity index (χ1v) is 17.3. The highest BCUT2D eigenvalue weighted by Gasteiger charge is 2.50. The molecule has 4 heterocycles. The van der Waals surface area contributed by atoms with E-state index in [0.717, 1.165) is 56.2 Å². The lowest BCUT2D eigenvalue weighted by atomic mass is 9.80. The molecule has 0 radical (unpaired) electrons. The van der Waals surface area contributed by atoms with Gasteiger partial charge in [0, 0.05) is 49.2 Å². The summed E-state index contributed by atoms with van der Waals surface area (Å²) in [6, 6.07) is 7.68. The second-order valence-corrected chi connectivity index (χ2v) is 14.2. The number of carbonyl (C=O) groups excluding carboxylic acids is 1. The molecule has 1 amide bonds. The van der Waals surface area contributed by atoms with E-state index >= 15 is 0 Å². The van der Waals surface area contributed by atoms with Gasteiger partial charge >= 0.3 is 0 Å². The van der Waals surface area contributed by atoms with Crippen molar-refractivity contribution in [2.45, 2.75) is 68.7 Å². The Morgan fingerprint density at radius 3 is 2.83 bits per heavy atom. The van der Waals surface area contributed by atoms with Gasteiger partial charge in [-0.2, -0.15) is 5.26 Å². The number of aliphatic imine (C=N–C) groups is 1. The highest BCUT2D eigenvalue weighted by molar-refractivity contribution is 6.37. The number of alkyl halides is 1. The lowest BCUT2D eigenvalue weighted by molar-refractivity contribution is -0.132. The molecular formula is C37H39ClF2N6O2. The fourth-order valence-corrected chi connectivity index (χ4v) is 9.08. The summed E-state index contributed by atoms with van der Waals surface area (Å²) in [6.07, 6.45) is 9.59. The molecule has 0 aromatic heterocycles. The zero-order valence-corrected chi connectivity index (χ0v) is 27.7. The normalized spacial score (nSPS) is 29.9. The Kier molecular flexibility index (Phi) is 8.91. The van der Waals surface area contributed by atoms with E-state index in [-0.39, 0.29) is 37.7 Å². The zero-order valence-electron chi connectivity index (χ0n) is 26.9. The monoisotopic (exact) mass is 672 g/mol. The smallest absolute Gasteiger partial charge is 0.282 e. The molecule has 2 aliphatic carbocycles. The van der Waals surface area contributed by atoms with Crippen LogP contribution >= 0.6 is 11.6 Å². The van der Waals surface area contributed by atoms with Gasteiger partial charge in [0.25, 0.3) is 5.91 Å². The number of ether oxygens (including phenoxy) is 1. The second-order valence-electron chi connectivity index (χ2n) is 13.8. The number of benzene rings is 1. The number of halogens is 3. The van der Waals surface area contributed by atoms with Gasteiger partial charge in [0.05, 0.1) is 11.6 Å². The van der Waals surface area contributed by atoms with Gasteiger partial charge in [-0.3, -0.25) is 9.69 Å². The van der Waals surface area contributed by atoms with Crippen LogP contribution in [0.15, 0.2) is 64.1 Å². The van der Waals surface area contributed by atoms with Crippen molar-refractivity contribution in [1.82, 2.24) is 14.7 Å². The topological polar surface area (TPSA) is 76.5 Å². The van der Waals surface area contributed by atoms with E-state index in [1.807, 2.05) is 11.0 Å². The number of amides is 1. The molecule has 6 aliphatic rings. The summed E-state index contributed by atoms with van der Waals surface area (Å²) in [5.41, 5.74) is 5.14. The number of hydrogen-bond acceptors (Lipinski definition) is 6. The number of aryl methyl sites for hydroxylation is 1. The van der Waals surface area contributed by atoms with Crippen molar-refractivity contribution < 1.29 is 18.3 Å². The lowest BCUT2D eigenvalue weighted by Crippen LogP contribution is -2.57. The predicted octanol–water partition coefficient (Wildman–Crippen LogP) is 5.77. The van der Waals surface area contributed by atoms with E-state index in [4.69, 9.17) is 27.9 Å². The zero-order chi connectivity index (χ0) is 33.6. The van der Waals surface area contributed by atoms with E-state index in [0.29, 0.717) is 30.2 Å². The average Bonchev–Trinajstić information content (AvgIpc) is 3.61. The van der Waals surface area contributed by atoms with Gasteiger partial charge in [-0.15, -0.1) is 0 Å². The molecule has 7 rings (SSSR count). The molecule has 48 heavy (non-hydrogen) atoms. The van der Waals surface area contributed by atoms with Gasteiger partial charge in [0.2, 0.25) is 12.4 Å². The number of hydrogen-bond donors (Lipinski definition) is 0. The maximum Gasteiger partial charge on any atom is 0.282 e. The molecular weight excluding hydrogens is 634 g/mol. The van der Waals surface area contributed by atoms with E-state index < -0.39 is 41.4 Å². The number of nitriles is 1. The molecule has 1 aromatic carbocycles. The number of carbonyl (C=O) groups is 1. The maximum atomic E-state index is 14.6. The molecule has 5 atom stereocenters. The number of fused-ring (bicyclic) bond motifs is 3. The van der Waals surface area contributed by atoms with Crippen LogP contribution in [0.5, 0.6) is 0 Å². The molecule has 3 fully saturated rings. The summed E-state index contributed by atoms with van der Waals surface area (Å²) >= 11 is 7.11. The number of piperazine rings is 1. The van der Waals surface area contributed by atoms with Crippen LogP contribution in [0.4, 0.5) is 8.78 Å². The SMILES string of the molecule is [C-]#[N+]C[C@H]1CN(C2=C(C#N)C(OC[C@@]34CCCN3C[C@H](F)C4)=NC3C=C(c4cccc5c4CCCC5)C(Cl)=CC23)CCN1C(=O)C(=C)F. The minimum absolute atomic E-state index is 0.0290. The van der Waals surface area contributed by atoms with E-state index in [2.05, 4.69) is 46.7 Å². The number of dihydropyridines is 1. The average molecular weight is 673 g/mol. The molecule has 2 unspecified atom stereocenters. The Morgan fingerprint density at radius 2 is 2.04 bits per heavy atom. The summed E-state index contributed by atoms with van der Waals surface area (Å²) in [7, 11) is 0. The van der Waals surface area contributed by atoms with Gasteiger partial charge in [0.1, 0.15) is 30.5 Å². The number of allylic oxidation sites excluding steroid dienone is 2. The standard InChI is InChI=1S/C37H39ClF2N6O2/c1-23(39)36(47)46-14-13-44(21-26(46)19-42-2)34-30-15-32(38)29(28-10-5-8-24-7-3-4-9-27(24)28)16-33(30)43-35(31(34)18-41)48-22-37-11-6-12-45(37)20-25(40)17-37/h5,8,10,15-16,25-26,30,33H,1,3-4,6-7,9,11-14,17,19-22H2/t25-,26+,30?,33?,37+/m1/s1. The Bertz CT molecular complexity index is 1740. The molecule has 250 valence electrons. The second kappa shape index (κ2) is 13.1.